The summed E-state index contributed by atoms with van der Waals surface area (Å²) in [6.07, 6.45) is 0. The second-order valence-corrected chi connectivity index (χ2v) is 6.10. The average molecular weight is 376 g/mol. The number of benzene rings is 1. The summed E-state index contributed by atoms with van der Waals surface area (Å²) < 4.78 is 4.79. The fourth-order valence-electron chi connectivity index (χ4n) is 2.30. The van der Waals surface area contributed by atoms with Gasteiger partial charge in [0.25, 0.3) is 17.7 Å². The van der Waals surface area contributed by atoms with E-state index in [2.05, 4.69) is 5.32 Å². The fraction of sp³-hybridized carbons (Fsp3) is 0.353. The summed E-state index contributed by atoms with van der Waals surface area (Å²) in [5.41, 5.74) is 0.896. The van der Waals surface area contributed by atoms with Gasteiger partial charge in [0, 0.05) is 32.4 Å². The van der Waals surface area contributed by atoms with Gasteiger partial charge in [-0.1, -0.05) is 0 Å². The summed E-state index contributed by atoms with van der Waals surface area (Å²) in [7, 11) is 4.71. The molecule has 0 aromatic heterocycles. The Morgan fingerprint density at radius 3 is 2.30 bits per heavy atom. The molecule has 0 atom stereocenters. The topological polar surface area (TPSA) is 116 Å². The Balaban J connectivity index is 1.80. The van der Waals surface area contributed by atoms with Crippen LogP contribution in [0.3, 0.4) is 0 Å². The smallest absolute Gasteiger partial charge is 0.327 e. The standard InChI is InChI=1S/C17H20N4O6/c1-19(2)16(25)11-4-6-12(7-5-11)18-13(22)10-27-15(24)9-21-14(23)8-20(3)17(21)26/h4-7H,8-10H2,1-3H3,(H,18,22). The van der Waals surface area contributed by atoms with Gasteiger partial charge in [0.05, 0.1) is 0 Å². The molecule has 2 rings (SSSR count). The molecule has 1 aliphatic rings. The normalized spacial score (nSPS) is 13.6. The lowest BCUT2D eigenvalue weighted by atomic mass is 10.2. The first-order chi connectivity index (χ1) is 12.7. The quantitative estimate of drug-likeness (QED) is 0.541. The molecule has 0 unspecified atom stereocenters. The number of nitrogens with one attached hydrogen (secondary N) is 1. The molecule has 5 amide bonds. The lowest BCUT2D eigenvalue weighted by Gasteiger charge is -2.13. The lowest BCUT2D eigenvalue weighted by Crippen LogP contribution is -2.37. The van der Waals surface area contributed by atoms with E-state index in [9.17, 15) is 24.0 Å². The maximum Gasteiger partial charge on any atom is 0.327 e. The van der Waals surface area contributed by atoms with Gasteiger partial charge in [0.1, 0.15) is 13.1 Å². The third-order valence-electron chi connectivity index (χ3n) is 3.70. The van der Waals surface area contributed by atoms with Crippen LogP contribution in [0.25, 0.3) is 0 Å². The van der Waals surface area contributed by atoms with Gasteiger partial charge in [0.2, 0.25) is 0 Å². The van der Waals surface area contributed by atoms with Crippen molar-refractivity contribution in [3.05, 3.63) is 29.8 Å². The van der Waals surface area contributed by atoms with Crippen LogP contribution in [0.15, 0.2) is 24.3 Å². The SMILES string of the molecule is CN(C)C(=O)c1ccc(NC(=O)COC(=O)CN2C(=O)CN(C)C2=O)cc1. The molecule has 0 radical (unpaired) electrons. The minimum absolute atomic E-state index is 0.0983. The van der Waals surface area contributed by atoms with Crippen LogP contribution in [-0.4, -0.2) is 85.3 Å². The van der Waals surface area contributed by atoms with E-state index in [0.717, 1.165) is 4.90 Å². The number of amides is 5. The number of ether oxygens (including phenoxy) is 1. The summed E-state index contributed by atoms with van der Waals surface area (Å²) >= 11 is 0. The van der Waals surface area contributed by atoms with Crippen LogP contribution in [0.2, 0.25) is 0 Å². The molecule has 0 saturated carbocycles. The molecule has 0 aliphatic carbocycles. The van der Waals surface area contributed by atoms with E-state index in [1.54, 1.807) is 38.4 Å². The Bertz CT molecular complexity index is 774. The zero-order valence-electron chi connectivity index (χ0n) is 15.2. The first-order valence-electron chi connectivity index (χ1n) is 8.01. The average Bonchev–Trinajstić information content (AvgIpc) is 2.86. The number of anilines is 1. The molecule has 1 saturated heterocycles. The van der Waals surface area contributed by atoms with Gasteiger partial charge >= 0.3 is 12.0 Å². The van der Waals surface area contributed by atoms with Crippen molar-refractivity contribution in [2.24, 2.45) is 0 Å². The maximum absolute atomic E-state index is 11.8. The Labute approximate surface area is 155 Å². The van der Waals surface area contributed by atoms with Crippen molar-refractivity contribution in [2.75, 3.05) is 46.2 Å². The molecule has 10 nitrogen and oxygen atoms in total. The minimum Gasteiger partial charge on any atom is -0.454 e. The Hall–Kier alpha value is -3.43. The molecule has 1 aromatic carbocycles. The van der Waals surface area contributed by atoms with Crippen molar-refractivity contribution < 1.29 is 28.7 Å². The van der Waals surface area contributed by atoms with Crippen molar-refractivity contribution in [3.8, 4) is 0 Å². The second-order valence-electron chi connectivity index (χ2n) is 6.10. The number of carbonyl (C=O) groups excluding carboxylic acids is 5. The molecular weight excluding hydrogens is 356 g/mol. The van der Waals surface area contributed by atoms with Gasteiger partial charge in [-0.25, -0.2) is 4.79 Å². The van der Waals surface area contributed by atoms with Gasteiger partial charge in [-0.3, -0.25) is 24.1 Å². The molecular formula is C17H20N4O6. The number of urea groups is 1. The predicted octanol–water partition coefficient (Wildman–Crippen LogP) is -0.236. The zero-order valence-corrected chi connectivity index (χ0v) is 15.2. The van der Waals surface area contributed by atoms with Crippen molar-refractivity contribution in [1.82, 2.24) is 14.7 Å². The van der Waals surface area contributed by atoms with E-state index in [1.165, 1.54) is 16.8 Å². The summed E-state index contributed by atoms with van der Waals surface area (Å²) in [6, 6.07) is 5.63. The summed E-state index contributed by atoms with van der Waals surface area (Å²) in [4.78, 5) is 62.0. The first-order valence-corrected chi connectivity index (χ1v) is 8.01. The van der Waals surface area contributed by atoms with Crippen LogP contribution < -0.4 is 5.32 Å². The number of hydrogen-bond donors (Lipinski definition) is 1. The van der Waals surface area contributed by atoms with Crippen LogP contribution in [0.4, 0.5) is 10.5 Å². The van der Waals surface area contributed by atoms with Crippen molar-refractivity contribution in [3.63, 3.8) is 0 Å². The van der Waals surface area contributed by atoms with E-state index >= 15 is 0 Å². The minimum atomic E-state index is -0.867. The number of esters is 1. The Kier molecular flexibility index (Phi) is 6.11. The van der Waals surface area contributed by atoms with Crippen LogP contribution in [0, 0.1) is 0 Å². The molecule has 144 valence electrons. The molecule has 1 aromatic rings. The third kappa shape index (κ3) is 5.03. The molecule has 27 heavy (non-hydrogen) atoms. The monoisotopic (exact) mass is 376 g/mol. The number of nitrogens with zero attached hydrogens (tertiary/aromatic N) is 3. The molecule has 0 spiro atoms. The van der Waals surface area contributed by atoms with Crippen molar-refractivity contribution >= 4 is 35.4 Å². The number of rotatable bonds is 6. The number of likely N-dealkylation sites (N-methyl/N-ethyl adjacent to an activating group) is 1. The van der Waals surface area contributed by atoms with E-state index in [1.807, 2.05) is 0 Å². The highest BCUT2D eigenvalue weighted by Gasteiger charge is 2.35. The fourth-order valence-corrected chi connectivity index (χ4v) is 2.30. The maximum atomic E-state index is 11.8. The van der Waals surface area contributed by atoms with E-state index in [4.69, 9.17) is 4.74 Å². The van der Waals surface area contributed by atoms with Gasteiger partial charge in [0.15, 0.2) is 6.61 Å². The Morgan fingerprint density at radius 2 is 1.78 bits per heavy atom. The van der Waals surface area contributed by atoms with Crippen LogP contribution in [0.5, 0.6) is 0 Å². The highest BCUT2D eigenvalue weighted by molar-refractivity contribution is 6.04. The van der Waals surface area contributed by atoms with Gasteiger partial charge < -0.3 is 19.9 Å². The molecule has 0 bridgehead atoms. The van der Waals surface area contributed by atoms with E-state index in [0.29, 0.717) is 11.3 Å². The molecule has 10 heteroatoms. The van der Waals surface area contributed by atoms with Crippen LogP contribution >= 0.6 is 0 Å². The number of carbonyl (C=O) groups is 5. The molecule has 1 aliphatic heterocycles. The summed E-state index contributed by atoms with van der Waals surface area (Å²) in [5.74, 6) is -2.13. The zero-order chi connectivity index (χ0) is 20.1. The van der Waals surface area contributed by atoms with E-state index < -0.39 is 37.0 Å². The highest BCUT2D eigenvalue weighted by atomic mass is 16.5. The first kappa shape index (κ1) is 19.9. The second kappa shape index (κ2) is 8.30. The number of imide groups is 1. The predicted molar refractivity (Wildman–Crippen MR) is 93.8 cm³/mol. The van der Waals surface area contributed by atoms with E-state index in [-0.39, 0.29) is 12.5 Å². The molecule has 1 fully saturated rings. The third-order valence-corrected chi connectivity index (χ3v) is 3.70. The lowest BCUT2D eigenvalue weighted by molar-refractivity contribution is -0.149. The molecule has 1 N–H and O–H groups in total. The molecule has 1 heterocycles. The van der Waals surface area contributed by atoms with Crippen LogP contribution in [-0.2, 0) is 19.1 Å². The number of hydrogen-bond acceptors (Lipinski definition) is 6. The van der Waals surface area contributed by atoms with Gasteiger partial charge in [-0.2, -0.15) is 0 Å². The summed E-state index contributed by atoms with van der Waals surface area (Å²) in [5, 5.41) is 2.51. The van der Waals surface area contributed by atoms with Gasteiger partial charge in [-0.05, 0) is 24.3 Å². The van der Waals surface area contributed by atoms with Gasteiger partial charge in [-0.15, -0.1) is 0 Å². The van der Waals surface area contributed by atoms with Crippen LogP contribution in [0.1, 0.15) is 10.4 Å². The Morgan fingerprint density at radius 1 is 1.15 bits per heavy atom. The highest BCUT2D eigenvalue weighted by Crippen LogP contribution is 2.11. The van der Waals surface area contributed by atoms with Crippen molar-refractivity contribution in [1.29, 1.82) is 0 Å². The van der Waals surface area contributed by atoms with Crippen molar-refractivity contribution in [2.45, 2.75) is 0 Å². The summed E-state index contributed by atoms with van der Waals surface area (Å²) in [6.45, 7) is -1.21. The largest absolute Gasteiger partial charge is 0.454 e.